The van der Waals surface area contributed by atoms with Crippen LogP contribution in [0.15, 0.2) is 30.3 Å². The van der Waals surface area contributed by atoms with Crippen molar-refractivity contribution >= 4 is 17.7 Å². The van der Waals surface area contributed by atoms with Crippen LogP contribution in [-0.4, -0.2) is 42.1 Å². The molecular weight excluding hydrogens is 270 g/mol. The molecule has 0 fully saturated rings. The third kappa shape index (κ3) is 4.80. The first kappa shape index (κ1) is 16.5. The Kier molecular flexibility index (Phi) is 6.21. The minimum atomic E-state index is -0.946. The fraction of sp³-hybridized carbons (Fsp3) is 0.400. The van der Waals surface area contributed by atoms with Crippen LogP contribution in [0.1, 0.15) is 13.3 Å². The summed E-state index contributed by atoms with van der Waals surface area (Å²) in [5.74, 6) is -1.59. The summed E-state index contributed by atoms with van der Waals surface area (Å²) in [6.07, 6.45) is 0.211. The Labute approximate surface area is 124 Å². The van der Waals surface area contributed by atoms with Gasteiger partial charge in [-0.15, -0.1) is 0 Å². The Hall–Kier alpha value is -2.55. The van der Waals surface area contributed by atoms with Crippen LogP contribution in [0.3, 0.4) is 0 Å². The number of nitrogens with zero attached hydrogens (tertiary/aromatic N) is 3. The number of aliphatic carboxylic acids is 1. The highest BCUT2D eigenvalue weighted by Crippen LogP contribution is 2.16. The van der Waals surface area contributed by atoms with Crippen molar-refractivity contribution < 1.29 is 14.7 Å². The van der Waals surface area contributed by atoms with Crippen LogP contribution < -0.4 is 4.90 Å². The molecule has 1 atom stereocenters. The van der Waals surface area contributed by atoms with Gasteiger partial charge < -0.3 is 10.0 Å². The molecule has 0 aromatic heterocycles. The van der Waals surface area contributed by atoms with E-state index in [1.807, 2.05) is 24.3 Å². The van der Waals surface area contributed by atoms with Crippen molar-refractivity contribution in [3.8, 4) is 6.07 Å². The second kappa shape index (κ2) is 7.90. The lowest BCUT2D eigenvalue weighted by atomic mass is 10.2. The summed E-state index contributed by atoms with van der Waals surface area (Å²) in [5, 5.41) is 17.6. The molecule has 0 radical (unpaired) electrons. The van der Waals surface area contributed by atoms with E-state index in [2.05, 4.69) is 0 Å². The number of carboxylic acids is 1. The van der Waals surface area contributed by atoms with Gasteiger partial charge >= 0.3 is 12.0 Å². The first-order valence-corrected chi connectivity index (χ1v) is 6.64. The molecule has 1 aromatic carbocycles. The molecule has 0 saturated carbocycles. The van der Waals surface area contributed by atoms with Gasteiger partial charge in [0.15, 0.2) is 0 Å². The first-order chi connectivity index (χ1) is 9.97. The third-order valence-electron chi connectivity index (χ3n) is 3.04. The zero-order valence-corrected chi connectivity index (χ0v) is 12.2. The summed E-state index contributed by atoms with van der Waals surface area (Å²) in [5.41, 5.74) is 0.688. The van der Waals surface area contributed by atoms with E-state index in [1.54, 1.807) is 26.1 Å². The second-order valence-corrected chi connectivity index (χ2v) is 4.80. The maximum absolute atomic E-state index is 12.5. The molecule has 0 aliphatic rings. The van der Waals surface area contributed by atoms with Crippen molar-refractivity contribution in [2.75, 3.05) is 25.0 Å². The predicted octanol–water partition coefficient (Wildman–Crippen LogP) is 2.18. The van der Waals surface area contributed by atoms with E-state index in [0.717, 1.165) is 0 Å². The van der Waals surface area contributed by atoms with E-state index in [1.165, 1.54) is 9.80 Å². The summed E-state index contributed by atoms with van der Waals surface area (Å²) in [7, 11) is 1.56. The van der Waals surface area contributed by atoms with E-state index in [-0.39, 0.29) is 25.5 Å². The predicted molar refractivity (Wildman–Crippen MR) is 78.8 cm³/mol. The summed E-state index contributed by atoms with van der Waals surface area (Å²) < 4.78 is 0. The molecule has 6 nitrogen and oxygen atoms in total. The summed E-state index contributed by atoms with van der Waals surface area (Å²) in [6, 6.07) is 10.7. The van der Waals surface area contributed by atoms with Crippen LogP contribution in [0.25, 0.3) is 0 Å². The number of hydrogen-bond acceptors (Lipinski definition) is 3. The summed E-state index contributed by atoms with van der Waals surface area (Å²) >= 11 is 0. The number of anilines is 1. The Bertz CT molecular complexity index is 525. The monoisotopic (exact) mass is 289 g/mol. The number of rotatable bonds is 6. The Morgan fingerprint density at radius 1 is 1.33 bits per heavy atom. The maximum Gasteiger partial charge on any atom is 0.324 e. The highest BCUT2D eigenvalue weighted by atomic mass is 16.4. The molecular formula is C15H19N3O3. The zero-order valence-electron chi connectivity index (χ0n) is 12.2. The van der Waals surface area contributed by atoms with Gasteiger partial charge in [-0.05, 0) is 12.1 Å². The molecule has 0 spiro atoms. The number of amides is 2. The van der Waals surface area contributed by atoms with Crippen molar-refractivity contribution in [2.24, 2.45) is 5.92 Å². The molecule has 1 aromatic rings. The minimum Gasteiger partial charge on any atom is -0.481 e. The van der Waals surface area contributed by atoms with Gasteiger partial charge in [-0.25, -0.2) is 4.79 Å². The third-order valence-corrected chi connectivity index (χ3v) is 3.04. The molecule has 21 heavy (non-hydrogen) atoms. The van der Waals surface area contributed by atoms with Gasteiger partial charge in [-0.1, -0.05) is 25.1 Å². The molecule has 2 amide bonds. The average molecular weight is 289 g/mol. The number of nitriles is 1. The van der Waals surface area contributed by atoms with Gasteiger partial charge in [0.2, 0.25) is 0 Å². The average Bonchev–Trinajstić information content (AvgIpc) is 2.48. The summed E-state index contributed by atoms with van der Waals surface area (Å²) in [6.45, 7) is 1.93. The normalized spacial score (nSPS) is 11.3. The molecule has 6 heteroatoms. The van der Waals surface area contributed by atoms with Crippen molar-refractivity contribution in [1.29, 1.82) is 5.26 Å². The summed E-state index contributed by atoms with van der Waals surface area (Å²) in [4.78, 5) is 26.2. The van der Waals surface area contributed by atoms with Crippen LogP contribution in [0, 0.1) is 17.2 Å². The van der Waals surface area contributed by atoms with Gasteiger partial charge in [0, 0.05) is 25.8 Å². The molecule has 0 heterocycles. The molecule has 0 bridgehead atoms. The Morgan fingerprint density at radius 3 is 2.48 bits per heavy atom. The van der Waals surface area contributed by atoms with Crippen molar-refractivity contribution in [1.82, 2.24) is 4.90 Å². The minimum absolute atomic E-state index is 0.115. The number of para-hydroxylation sites is 1. The van der Waals surface area contributed by atoms with Crippen molar-refractivity contribution in [3.63, 3.8) is 0 Å². The van der Waals surface area contributed by atoms with Crippen molar-refractivity contribution in [2.45, 2.75) is 13.3 Å². The quantitative estimate of drug-likeness (QED) is 0.869. The fourth-order valence-electron chi connectivity index (χ4n) is 1.88. The van der Waals surface area contributed by atoms with E-state index >= 15 is 0 Å². The lowest BCUT2D eigenvalue weighted by Gasteiger charge is -2.28. The highest BCUT2D eigenvalue weighted by Gasteiger charge is 2.22. The van der Waals surface area contributed by atoms with Gasteiger partial charge in [0.25, 0.3) is 0 Å². The lowest BCUT2D eigenvalue weighted by molar-refractivity contribution is -0.141. The molecule has 1 rings (SSSR count). The van der Waals surface area contributed by atoms with Gasteiger partial charge in [-0.3, -0.25) is 9.69 Å². The lowest BCUT2D eigenvalue weighted by Crippen LogP contribution is -2.44. The van der Waals surface area contributed by atoms with Crippen molar-refractivity contribution in [3.05, 3.63) is 30.3 Å². The molecule has 0 saturated heterocycles. The SMILES string of the molecule is CC(CN(C)C(=O)N(CCC#N)c1ccccc1)C(=O)O. The van der Waals surface area contributed by atoms with Crippen LogP contribution >= 0.6 is 0 Å². The van der Waals surface area contributed by atoms with E-state index in [9.17, 15) is 9.59 Å². The van der Waals surface area contributed by atoms with Crippen LogP contribution in [0.5, 0.6) is 0 Å². The maximum atomic E-state index is 12.5. The number of hydrogen-bond donors (Lipinski definition) is 1. The number of carbonyl (C=O) groups is 2. The Morgan fingerprint density at radius 2 is 1.95 bits per heavy atom. The number of carbonyl (C=O) groups excluding carboxylic acids is 1. The van der Waals surface area contributed by atoms with Crippen LogP contribution in [0.2, 0.25) is 0 Å². The molecule has 112 valence electrons. The first-order valence-electron chi connectivity index (χ1n) is 6.64. The number of benzene rings is 1. The zero-order chi connectivity index (χ0) is 15.8. The number of urea groups is 1. The highest BCUT2D eigenvalue weighted by molar-refractivity contribution is 5.92. The smallest absolute Gasteiger partial charge is 0.324 e. The molecule has 0 aliphatic heterocycles. The topological polar surface area (TPSA) is 84.6 Å². The second-order valence-electron chi connectivity index (χ2n) is 4.80. The van der Waals surface area contributed by atoms with Gasteiger partial charge in [0.1, 0.15) is 0 Å². The molecule has 0 aliphatic carbocycles. The number of carboxylic acid groups (broad SMARTS) is 1. The van der Waals surface area contributed by atoms with Crippen LogP contribution in [-0.2, 0) is 4.79 Å². The van der Waals surface area contributed by atoms with Gasteiger partial charge in [-0.2, -0.15) is 5.26 Å². The van der Waals surface area contributed by atoms with Crippen LogP contribution in [0.4, 0.5) is 10.5 Å². The molecule has 1 N–H and O–H groups in total. The Balaban J connectivity index is 2.85. The van der Waals surface area contributed by atoms with E-state index < -0.39 is 11.9 Å². The standard InChI is InChI=1S/C15H19N3O3/c1-12(14(19)20)11-17(2)15(21)18(10-6-9-16)13-7-4-3-5-8-13/h3-5,7-8,12H,6,10-11H2,1-2H3,(H,19,20). The van der Waals surface area contributed by atoms with E-state index in [0.29, 0.717) is 5.69 Å². The van der Waals surface area contributed by atoms with E-state index in [4.69, 9.17) is 10.4 Å². The van der Waals surface area contributed by atoms with Gasteiger partial charge in [0.05, 0.1) is 18.4 Å². The largest absolute Gasteiger partial charge is 0.481 e. The molecule has 1 unspecified atom stereocenters. The fourth-order valence-corrected chi connectivity index (χ4v) is 1.88.